The third-order valence-corrected chi connectivity index (χ3v) is 10.7. The highest BCUT2D eigenvalue weighted by molar-refractivity contribution is 7.53. The summed E-state index contributed by atoms with van der Waals surface area (Å²) in [5.41, 5.74) is 2.17. The molecular formula is C34H43F3N5O8P. The van der Waals surface area contributed by atoms with Gasteiger partial charge >= 0.3 is 13.8 Å². The first-order chi connectivity index (χ1) is 24.4. The Kier molecular flexibility index (Phi) is 12.6. The molecule has 5 rings (SSSR count). The number of aliphatic hydroxyl groups excluding tert-OH is 1. The van der Waals surface area contributed by atoms with E-state index in [1.54, 1.807) is 24.1 Å². The van der Waals surface area contributed by atoms with Gasteiger partial charge in [0.15, 0.2) is 0 Å². The number of benzene rings is 2. The normalized spacial score (nSPS) is 17.8. The third-order valence-electron chi connectivity index (χ3n) is 8.83. The molecule has 1 amide bonds. The number of carbonyl (C=O) groups is 1. The number of ether oxygens (including phenoxy) is 3. The molecule has 2 aliphatic rings. The Hall–Kier alpha value is -3.79. The number of methoxy groups -OCH3 is 3. The van der Waals surface area contributed by atoms with Crippen molar-refractivity contribution < 1.29 is 50.9 Å². The van der Waals surface area contributed by atoms with Gasteiger partial charge in [-0.25, -0.2) is 4.98 Å². The average molecular weight is 738 g/mol. The smallest absolute Gasteiger partial charge is 0.421 e. The maximum absolute atomic E-state index is 14.2. The van der Waals surface area contributed by atoms with Crippen molar-refractivity contribution in [3.63, 3.8) is 0 Å². The van der Waals surface area contributed by atoms with E-state index in [0.29, 0.717) is 42.4 Å². The Morgan fingerprint density at radius 3 is 2.25 bits per heavy atom. The minimum absolute atomic E-state index is 0.0190. The molecule has 1 fully saturated rings. The number of hydrogen-bond acceptors (Lipinski definition) is 12. The zero-order valence-electron chi connectivity index (χ0n) is 28.9. The number of fused-ring (bicyclic) bond motifs is 1. The van der Waals surface area contributed by atoms with Gasteiger partial charge in [-0.2, -0.15) is 18.2 Å². The van der Waals surface area contributed by atoms with E-state index in [1.165, 1.54) is 33.5 Å². The van der Waals surface area contributed by atoms with E-state index in [-0.39, 0.29) is 67.9 Å². The van der Waals surface area contributed by atoms with Crippen LogP contribution < -0.4 is 15.4 Å². The van der Waals surface area contributed by atoms with Crippen LogP contribution in [-0.2, 0) is 42.0 Å². The molecule has 0 radical (unpaired) electrons. The standard InChI is InChI=1S/C34H43F3N5O8P/c1-42-19-25-24(22-6-8-23(43)9-7-22)10-12-28(30(25)32(42)44)40-33-38-18-26(34(35,36)37)31(41-33)39-27-11-5-21(17-29(27)48-4)20-51(45,49-15-13-46-2)50-16-14-47-3/h5,10-12,17-18,22-23,43H,6-9,13-16,19-20H2,1-4H3,(H2,38,39,40,41). The lowest BCUT2D eigenvalue weighted by atomic mass is 9.80. The van der Waals surface area contributed by atoms with Gasteiger partial charge in [0, 0.05) is 34.0 Å². The van der Waals surface area contributed by atoms with Crippen LogP contribution in [0.15, 0.2) is 36.5 Å². The van der Waals surface area contributed by atoms with Crippen LogP contribution in [0.1, 0.15) is 64.2 Å². The summed E-state index contributed by atoms with van der Waals surface area (Å²) in [5.74, 6) is -0.612. The zero-order valence-corrected chi connectivity index (χ0v) is 29.8. The van der Waals surface area contributed by atoms with Gasteiger partial charge in [0.1, 0.15) is 17.1 Å². The summed E-state index contributed by atoms with van der Waals surface area (Å²) < 4.78 is 82.6. The average Bonchev–Trinajstić information content (AvgIpc) is 3.39. The summed E-state index contributed by atoms with van der Waals surface area (Å²) in [6, 6.07) is 8.20. The molecule has 1 aliphatic carbocycles. The van der Waals surface area contributed by atoms with Crippen LogP contribution in [0.2, 0.25) is 0 Å². The second-order valence-corrected chi connectivity index (χ2v) is 14.4. The molecule has 3 aromatic rings. The molecule has 2 aromatic carbocycles. The van der Waals surface area contributed by atoms with Crippen molar-refractivity contribution in [3.05, 3.63) is 64.3 Å². The molecule has 2 heterocycles. The molecule has 17 heteroatoms. The van der Waals surface area contributed by atoms with Crippen molar-refractivity contribution in [1.29, 1.82) is 0 Å². The highest BCUT2D eigenvalue weighted by Gasteiger charge is 2.37. The molecule has 13 nitrogen and oxygen atoms in total. The van der Waals surface area contributed by atoms with E-state index in [4.69, 9.17) is 23.3 Å². The number of nitrogens with zero attached hydrogens (tertiary/aromatic N) is 3. The predicted octanol–water partition coefficient (Wildman–Crippen LogP) is 6.61. The van der Waals surface area contributed by atoms with Gasteiger partial charge < -0.3 is 43.9 Å². The molecule has 0 bridgehead atoms. The molecule has 51 heavy (non-hydrogen) atoms. The summed E-state index contributed by atoms with van der Waals surface area (Å²) >= 11 is 0. The first kappa shape index (κ1) is 38.4. The Labute approximate surface area is 294 Å². The van der Waals surface area contributed by atoms with E-state index in [1.807, 2.05) is 6.07 Å². The van der Waals surface area contributed by atoms with Crippen LogP contribution >= 0.6 is 7.60 Å². The minimum atomic E-state index is -4.81. The maximum atomic E-state index is 14.2. The summed E-state index contributed by atoms with van der Waals surface area (Å²) in [4.78, 5) is 23.0. The van der Waals surface area contributed by atoms with Crippen molar-refractivity contribution in [2.75, 3.05) is 65.4 Å². The lowest BCUT2D eigenvalue weighted by molar-refractivity contribution is -0.137. The second-order valence-electron chi connectivity index (χ2n) is 12.4. The molecule has 1 aromatic heterocycles. The van der Waals surface area contributed by atoms with E-state index in [9.17, 15) is 27.6 Å². The van der Waals surface area contributed by atoms with Gasteiger partial charge in [-0.1, -0.05) is 12.1 Å². The fourth-order valence-electron chi connectivity index (χ4n) is 6.25. The summed E-state index contributed by atoms with van der Waals surface area (Å²) in [6.45, 7) is 0.807. The number of halogens is 3. The topological polar surface area (TPSA) is 154 Å². The van der Waals surface area contributed by atoms with E-state index < -0.39 is 25.2 Å². The van der Waals surface area contributed by atoms with Gasteiger partial charge in [-0.05, 0) is 66.5 Å². The van der Waals surface area contributed by atoms with Crippen molar-refractivity contribution in [1.82, 2.24) is 14.9 Å². The van der Waals surface area contributed by atoms with Gasteiger partial charge in [0.25, 0.3) is 5.91 Å². The SMILES string of the molecule is COCCOP(=O)(Cc1ccc(Nc2nc(Nc3ccc(C4CCC(O)CC4)c4c3C(=O)N(C)C4)ncc2C(F)(F)F)c(OC)c1)OCCOC. The molecule has 3 N–H and O–H groups in total. The summed E-state index contributed by atoms with van der Waals surface area (Å²) in [6.07, 6.45) is -1.67. The largest absolute Gasteiger partial charge is 0.495 e. The van der Waals surface area contributed by atoms with Crippen LogP contribution in [0.25, 0.3) is 0 Å². The van der Waals surface area contributed by atoms with Crippen LogP contribution in [0.4, 0.5) is 36.3 Å². The van der Waals surface area contributed by atoms with E-state index >= 15 is 0 Å². The fraction of sp³-hybridized carbons (Fsp3) is 0.500. The summed E-state index contributed by atoms with van der Waals surface area (Å²) in [7, 11) is 2.33. The van der Waals surface area contributed by atoms with Gasteiger partial charge in [0.2, 0.25) is 5.95 Å². The van der Waals surface area contributed by atoms with Crippen molar-refractivity contribution >= 4 is 36.6 Å². The number of nitrogens with one attached hydrogen (secondary N) is 2. The number of aromatic nitrogens is 2. The molecule has 0 atom stereocenters. The van der Waals surface area contributed by atoms with E-state index in [2.05, 4.69) is 20.6 Å². The Morgan fingerprint density at radius 1 is 0.961 bits per heavy atom. The lowest BCUT2D eigenvalue weighted by Gasteiger charge is -2.27. The third kappa shape index (κ3) is 9.36. The molecular weight excluding hydrogens is 694 g/mol. The van der Waals surface area contributed by atoms with Crippen molar-refractivity contribution in [2.24, 2.45) is 0 Å². The number of rotatable bonds is 16. The molecule has 1 saturated carbocycles. The van der Waals surface area contributed by atoms with Crippen LogP contribution in [-0.4, -0.2) is 86.8 Å². The molecule has 0 spiro atoms. The lowest BCUT2D eigenvalue weighted by Crippen LogP contribution is -2.18. The highest BCUT2D eigenvalue weighted by Crippen LogP contribution is 2.52. The number of anilines is 4. The quantitative estimate of drug-likeness (QED) is 0.107. The van der Waals surface area contributed by atoms with Crippen molar-refractivity contribution in [2.45, 2.75) is 56.6 Å². The van der Waals surface area contributed by atoms with Gasteiger partial charge in [-0.15, -0.1) is 0 Å². The molecule has 0 saturated heterocycles. The maximum Gasteiger partial charge on any atom is 0.421 e. The van der Waals surface area contributed by atoms with Gasteiger partial charge in [-0.3, -0.25) is 9.36 Å². The van der Waals surface area contributed by atoms with Crippen LogP contribution in [0.5, 0.6) is 5.75 Å². The highest BCUT2D eigenvalue weighted by atomic mass is 31.2. The second kappa shape index (κ2) is 16.7. The minimum Gasteiger partial charge on any atom is -0.495 e. The number of amides is 1. The first-order valence-corrected chi connectivity index (χ1v) is 18.2. The van der Waals surface area contributed by atoms with Crippen LogP contribution in [0, 0.1) is 0 Å². The predicted molar refractivity (Wildman–Crippen MR) is 183 cm³/mol. The number of aliphatic hydroxyl groups is 1. The Morgan fingerprint density at radius 2 is 1.63 bits per heavy atom. The molecule has 0 unspecified atom stereocenters. The monoisotopic (exact) mass is 737 g/mol. The fourth-order valence-corrected chi connectivity index (χ4v) is 7.86. The Bertz CT molecular complexity index is 1720. The first-order valence-electron chi connectivity index (χ1n) is 16.5. The zero-order chi connectivity index (χ0) is 36.8. The number of carbonyl (C=O) groups excluding carboxylic acids is 1. The number of hydrogen-bond donors (Lipinski definition) is 3. The van der Waals surface area contributed by atoms with Crippen molar-refractivity contribution in [3.8, 4) is 5.75 Å². The molecule has 278 valence electrons. The number of alkyl halides is 3. The Balaban J connectivity index is 1.42. The van der Waals surface area contributed by atoms with E-state index in [0.717, 1.165) is 24.0 Å². The van der Waals surface area contributed by atoms with Crippen LogP contribution in [0.3, 0.4) is 0 Å². The van der Waals surface area contributed by atoms with Gasteiger partial charge in [0.05, 0.1) is 62.7 Å². The molecule has 1 aliphatic heterocycles. The summed E-state index contributed by atoms with van der Waals surface area (Å²) in [5, 5.41) is 15.7.